The highest BCUT2D eigenvalue weighted by Gasteiger charge is 2.28. The van der Waals surface area contributed by atoms with Crippen molar-refractivity contribution in [2.45, 2.75) is 32.9 Å². The third-order valence-corrected chi connectivity index (χ3v) is 4.92. The predicted molar refractivity (Wildman–Crippen MR) is 108 cm³/mol. The van der Waals surface area contributed by atoms with Crippen LogP contribution >= 0.6 is 0 Å². The van der Waals surface area contributed by atoms with E-state index in [4.69, 9.17) is 4.74 Å². The lowest BCUT2D eigenvalue weighted by atomic mass is 10.2. The van der Waals surface area contributed by atoms with Crippen LogP contribution in [0.4, 0.5) is 0 Å². The van der Waals surface area contributed by atoms with Gasteiger partial charge in [-0.15, -0.1) is 0 Å². The molecule has 3 aromatic rings. The Morgan fingerprint density at radius 3 is 2.79 bits per heavy atom. The summed E-state index contributed by atoms with van der Waals surface area (Å²) in [5, 5.41) is 6.30. The molecule has 1 aromatic carbocycles. The fraction of sp³-hybridized carbons (Fsp3) is 0.364. The summed E-state index contributed by atoms with van der Waals surface area (Å²) in [6.07, 6.45) is 6.09. The first-order valence-electron chi connectivity index (χ1n) is 9.82. The van der Waals surface area contributed by atoms with Gasteiger partial charge in [-0.1, -0.05) is 18.2 Å². The lowest BCUT2D eigenvalue weighted by molar-refractivity contribution is -0.122. The molecule has 0 bridgehead atoms. The van der Waals surface area contributed by atoms with Gasteiger partial charge in [-0.2, -0.15) is 0 Å². The zero-order valence-electron chi connectivity index (χ0n) is 16.1. The molecule has 0 spiro atoms. The Morgan fingerprint density at radius 1 is 1.21 bits per heavy atom. The van der Waals surface area contributed by atoms with Crippen LogP contribution in [0.3, 0.4) is 0 Å². The molecule has 0 saturated heterocycles. The molecule has 0 unspecified atom stereocenters. The Bertz CT molecular complexity index is 945. The molecule has 2 heterocycles. The van der Waals surface area contributed by atoms with Gasteiger partial charge >= 0.3 is 0 Å². The number of aromatic nitrogens is 2. The molecule has 0 aliphatic heterocycles. The second-order valence-corrected chi connectivity index (χ2v) is 7.33. The molecule has 0 radical (unpaired) electrons. The van der Waals surface area contributed by atoms with Gasteiger partial charge in [0.1, 0.15) is 18.0 Å². The van der Waals surface area contributed by atoms with Crippen molar-refractivity contribution in [1.29, 1.82) is 0 Å². The third-order valence-electron chi connectivity index (χ3n) is 4.92. The van der Waals surface area contributed by atoms with E-state index in [0.717, 1.165) is 48.6 Å². The number of rotatable bonds is 9. The molecule has 1 aliphatic carbocycles. The quantitative estimate of drug-likeness (QED) is 0.562. The van der Waals surface area contributed by atoms with E-state index < -0.39 is 0 Å². The van der Waals surface area contributed by atoms with E-state index in [1.807, 2.05) is 35.0 Å². The van der Waals surface area contributed by atoms with E-state index in [0.29, 0.717) is 13.2 Å². The van der Waals surface area contributed by atoms with Crippen molar-refractivity contribution in [2.24, 2.45) is 5.92 Å². The maximum Gasteiger partial charge on any atom is 0.223 e. The summed E-state index contributed by atoms with van der Waals surface area (Å²) in [6, 6.07) is 12.1. The molecule has 146 valence electrons. The number of hydrogen-bond donors (Lipinski definition) is 2. The molecule has 0 atom stereocenters. The van der Waals surface area contributed by atoms with Gasteiger partial charge in [0.2, 0.25) is 5.91 Å². The van der Waals surface area contributed by atoms with Crippen molar-refractivity contribution in [3.63, 3.8) is 0 Å². The van der Waals surface area contributed by atoms with Gasteiger partial charge in [0.05, 0.1) is 5.69 Å². The first-order valence-corrected chi connectivity index (χ1v) is 9.82. The van der Waals surface area contributed by atoms with Crippen molar-refractivity contribution in [3.05, 3.63) is 65.6 Å². The molecule has 28 heavy (non-hydrogen) atoms. The summed E-state index contributed by atoms with van der Waals surface area (Å²) < 4.78 is 7.89. The highest BCUT2D eigenvalue weighted by atomic mass is 16.5. The highest BCUT2D eigenvalue weighted by Crippen LogP contribution is 2.28. The monoisotopic (exact) mass is 378 g/mol. The molecule has 6 heteroatoms. The van der Waals surface area contributed by atoms with Crippen LogP contribution in [0.15, 0.2) is 48.8 Å². The van der Waals surface area contributed by atoms with Crippen molar-refractivity contribution < 1.29 is 9.53 Å². The Kier molecular flexibility index (Phi) is 5.58. The van der Waals surface area contributed by atoms with Crippen LogP contribution in [0, 0.1) is 12.8 Å². The normalized spacial score (nSPS) is 13.6. The summed E-state index contributed by atoms with van der Waals surface area (Å²) in [4.78, 5) is 16.2. The number of imidazole rings is 1. The lowest BCUT2D eigenvalue weighted by Gasteiger charge is -2.08. The molecule has 2 N–H and O–H groups in total. The summed E-state index contributed by atoms with van der Waals surface area (Å²) in [5.41, 5.74) is 4.21. The summed E-state index contributed by atoms with van der Waals surface area (Å²) in [6.45, 7) is 4.71. The van der Waals surface area contributed by atoms with Crippen LogP contribution in [-0.4, -0.2) is 28.4 Å². The first kappa shape index (κ1) is 18.5. The fourth-order valence-electron chi connectivity index (χ4n) is 3.13. The number of fused-ring (bicyclic) bond motifs is 1. The topological polar surface area (TPSA) is 67.7 Å². The lowest BCUT2D eigenvalue weighted by Crippen LogP contribution is -2.32. The van der Waals surface area contributed by atoms with Crippen molar-refractivity contribution in [3.8, 4) is 5.75 Å². The van der Waals surface area contributed by atoms with E-state index in [1.165, 1.54) is 5.56 Å². The van der Waals surface area contributed by atoms with E-state index in [1.54, 1.807) is 0 Å². The van der Waals surface area contributed by atoms with Crippen LogP contribution < -0.4 is 15.4 Å². The molecule has 1 amide bonds. The molecular formula is C22H26N4O2. The van der Waals surface area contributed by atoms with Crippen LogP contribution in [0.1, 0.15) is 29.7 Å². The first-order chi connectivity index (χ1) is 13.7. The second kappa shape index (κ2) is 8.44. The number of carbonyl (C=O) groups is 1. The zero-order valence-corrected chi connectivity index (χ0v) is 16.1. The van der Waals surface area contributed by atoms with Crippen molar-refractivity contribution >= 4 is 11.6 Å². The Hall–Kier alpha value is -2.86. The van der Waals surface area contributed by atoms with Gasteiger partial charge in [-0.3, -0.25) is 4.79 Å². The Morgan fingerprint density at radius 2 is 2.04 bits per heavy atom. The van der Waals surface area contributed by atoms with Crippen LogP contribution in [-0.2, 0) is 17.9 Å². The minimum Gasteiger partial charge on any atom is -0.487 e. The van der Waals surface area contributed by atoms with Gasteiger partial charge in [-0.05, 0) is 49.1 Å². The zero-order chi connectivity index (χ0) is 19.3. The molecule has 6 nitrogen and oxygen atoms in total. The number of ether oxygens (including phenoxy) is 1. The summed E-state index contributed by atoms with van der Waals surface area (Å²) in [5.74, 6) is 1.30. The average molecular weight is 378 g/mol. The number of aryl methyl sites for hydroxylation is 1. The minimum atomic E-state index is 0.198. The van der Waals surface area contributed by atoms with Crippen LogP contribution in [0.2, 0.25) is 0 Å². The molecule has 1 fully saturated rings. The van der Waals surface area contributed by atoms with Crippen molar-refractivity contribution in [1.82, 2.24) is 20.0 Å². The predicted octanol–water partition coefficient (Wildman–Crippen LogP) is 2.84. The summed E-state index contributed by atoms with van der Waals surface area (Å²) >= 11 is 0. The standard InChI is InChI=1S/C22H26N4O2/c1-16-3-2-12-26-14-19(25-21(16)26)15-28-20-8-4-17(5-9-20)13-23-10-11-24-22(27)18-6-7-18/h2-5,8-9,12,14,18,23H,6-7,10-11,13,15H2,1H3,(H,24,27). The smallest absolute Gasteiger partial charge is 0.223 e. The number of hydrogen-bond acceptors (Lipinski definition) is 4. The van der Waals surface area contributed by atoms with Crippen molar-refractivity contribution in [2.75, 3.05) is 13.1 Å². The SMILES string of the molecule is Cc1cccn2cc(COc3ccc(CNCCNC(=O)C4CC4)cc3)nc12. The van der Waals surface area contributed by atoms with Gasteiger partial charge in [0, 0.05) is 37.9 Å². The maximum absolute atomic E-state index is 11.5. The van der Waals surface area contributed by atoms with E-state index in [9.17, 15) is 4.79 Å². The fourth-order valence-corrected chi connectivity index (χ4v) is 3.13. The molecule has 1 aliphatic rings. The molecule has 2 aromatic heterocycles. The number of amides is 1. The van der Waals surface area contributed by atoms with Gasteiger partial charge in [-0.25, -0.2) is 4.98 Å². The van der Waals surface area contributed by atoms with E-state index >= 15 is 0 Å². The van der Waals surface area contributed by atoms with Crippen LogP contribution in [0.5, 0.6) is 5.75 Å². The van der Waals surface area contributed by atoms with Gasteiger partial charge in [0.15, 0.2) is 0 Å². The van der Waals surface area contributed by atoms with E-state index in [-0.39, 0.29) is 11.8 Å². The largest absolute Gasteiger partial charge is 0.487 e. The maximum atomic E-state index is 11.5. The Balaban J connectivity index is 1.20. The number of nitrogens with zero attached hydrogens (tertiary/aromatic N) is 2. The summed E-state index contributed by atoms with van der Waals surface area (Å²) in [7, 11) is 0. The average Bonchev–Trinajstić information content (AvgIpc) is 3.47. The molecule has 4 rings (SSSR count). The second-order valence-electron chi connectivity index (χ2n) is 7.33. The molecular weight excluding hydrogens is 352 g/mol. The highest BCUT2D eigenvalue weighted by molar-refractivity contribution is 5.80. The number of nitrogens with one attached hydrogen (secondary N) is 2. The van der Waals surface area contributed by atoms with Gasteiger partial charge < -0.3 is 19.8 Å². The number of carbonyl (C=O) groups excluding carboxylic acids is 1. The molecule has 1 saturated carbocycles. The Labute approximate surface area is 164 Å². The van der Waals surface area contributed by atoms with Gasteiger partial charge in [0.25, 0.3) is 0 Å². The van der Waals surface area contributed by atoms with Crippen LogP contribution in [0.25, 0.3) is 5.65 Å². The minimum absolute atomic E-state index is 0.198. The third kappa shape index (κ3) is 4.70. The number of benzene rings is 1. The van der Waals surface area contributed by atoms with E-state index in [2.05, 4.69) is 40.7 Å². The number of pyridine rings is 1.